The third-order valence-corrected chi connectivity index (χ3v) is 2.29. The van der Waals surface area contributed by atoms with E-state index >= 15 is 0 Å². The van der Waals surface area contributed by atoms with Gasteiger partial charge in [0.15, 0.2) is 0 Å². The second kappa shape index (κ2) is 6.82. The van der Waals surface area contributed by atoms with Gasteiger partial charge in [0, 0.05) is 10.8 Å². The Kier molecular flexibility index (Phi) is 6.16. The number of nitro groups is 1. The summed E-state index contributed by atoms with van der Waals surface area (Å²) in [7, 11) is 0. The van der Waals surface area contributed by atoms with Gasteiger partial charge in [-0.25, -0.2) is 0 Å². The molecular weight excluding hydrogens is 228 g/mol. The van der Waals surface area contributed by atoms with Gasteiger partial charge in [-0.15, -0.1) is 10.1 Å². The Morgan fingerprint density at radius 1 is 1.00 bits per heavy atom. The van der Waals surface area contributed by atoms with Crippen LogP contribution < -0.4 is 0 Å². The van der Waals surface area contributed by atoms with Gasteiger partial charge in [-0.3, -0.25) is 10.1 Å². The summed E-state index contributed by atoms with van der Waals surface area (Å²) < 4.78 is 0. The van der Waals surface area contributed by atoms with Gasteiger partial charge in [-0.1, -0.05) is 33.8 Å². The fourth-order valence-corrected chi connectivity index (χ4v) is 1.24. The van der Waals surface area contributed by atoms with Crippen molar-refractivity contribution in [3.05, 3.63) is 32.4 Å². The molecule has 0 aliphatic carbocycles. The Morgan fingerprint density at radius 2 is 1.53 bits per heavy atom. The van der Waals surface area contributed by atoms with Crippen molar-refractivity contribution in [3.8, 4) is 0 Å². The van der Waals surface area contributed by atoms with Gasteiger partial charge in [0.05, 0.1) is 0 Å². The van der Waals surface area contributed by atoms with Crippen LogP contribution in [0.25, 0.3) is 0 Å². The fraction of sp³-hybridized carbons (Fsp3) is 0.800. The van der Waals surface area contributed by atoms with Crippen LogP contribution >= 0.6 is 0 Å². The minimum atomic E-state index is -0.883. The molecule has 0 aromatic carbocycles. The fourth-order valence-electron chi connectivity index (χ4n) is 1.24. The lowest BCUT2D eigenvalue weighted by Gasteiger charge is -2.15. The first kappa shape index (κ1) is 15.3. The van der Waals surface area contributed by atoms with Crippen molar-refractivity contribution in [1.82, 2.24) is 0 Å². The average molecular weight is 246 g/mol. The molecule has 0 aliphatic heterocycles. The zero-order valence-electron chi connectivity index (χ0n) is 10.4. The molecule has 7 nitrogen and oxygen atoms in total. The smallest absolute Gasteiger partial charge is 0.295 e. The molecule has 0 heterocycles. The van der Waals surface area contributed by atoms with E-state index in [9.17, 15) is 20.2 Å². The van der Waals surface area contributed by atoms with E-state index in [1.807, 2.05) is 0 Å². The Hall–Kier alpha value is -1.66. The van der Waals surface area contributed by atoms with Crippen molar-refractivity contribution in [2.24, 2.45) is 11.8 Å². The molecule has 0 rings (SSSR count). The molecule has 0 radical (unpaired) electrons. The largest absolute Gasteiger partial charge is 0.306 e. The molecule has 98 valence electrons. The lowest BCUT2D eigenvalue weighted by molar-refractivity contribution is -0.767. The number of nitrogens with zero attached hydrogens (tertiary/aromatic N) is 2. The van der Waals surface area contributed by atoms with Crippen LogP contribution in [-0.4, -0.2) is 22.2 Å². The Bertz CT molecular complexity index is 301. The zero-order valence-corrected chi connectivity index (χ0v) is 10.4. The topological polar surface area (TPSA) is 95.5 Å². The van der Waals surface area contributed by atoms with E-state index in [2.05, 4.69) is 4.84 Å². The molecule has 0 aromatic rings. The summed E-state index contributed by atoms with van der Waals surface area (Å²) >= 11 is 0. The molecule has 0 spiro atoms. The van der Waals surface area contributed by atoms with Gasteiger partial charge in [0.2, 0.25) is 6.04 Å². The highest BCUT2D eigenvalue weighted by Gasteiger charge is 2.22. The molecule has 2 atom stereocenters. The highest BCUT2D eigenvalue weighted by molar-refractivity contribution is 4.96. The van der Waals surface area contributed by atoms with E-state index in [4.69, 9.17) is 0 Å². The van der Waals surface area contributed by atoms with Crippen molar-refractivity contribution in [2.75, 3.05) is 0 Å². The highest BCUT2D eigenvalue weighted by Crippen LogP contribution is 2.12. The third kappa shape index (κ3) is 5.84. The van der Waals surface area contributed by atoms with E-state index in [-0.39, 0.29) is 11.8 Å². The average Bonchev–Trinajstić information content (AvgIpc) is 2.14. The summed E-state index contributed by atoms with van der Waals surface area (Å²) in [6.07, 6.45) is 1.99. The standard InChI is InChI=1S/C10H18N2O5/c1-7(2)9(11(13)14)5-6-10(8(3)4)17-12(15)16/h5-10H,1-4H3/b6-5+. The number of rotatable bonds is 7. The molecule has 7 heteroatoms. The van der Waals surface area contributed by atoms with E-state index < -0.39 is 22.2 Å². The number of hydrogen-bond acceptors (Lipinski definition) is 5. The van der Waals surface area contributed by atoms with Crippen molar-refractivity contribution >= 4 is 0 Å². The normalized spacial score (nSPS) is 15.2. The van der Waals surface area contributed by atoms with Crippen molar-refractivity contribution in [2.45, 2.75) is 39.8 Å². The first-order valence-corrected chi connectivity index (χ1v) is 5.38. The van der Waals surface area contributed by atoms with Crippen molar-refractivity contribution in [1.29, 1.82) is 0 Å². The predicted molar refractivity (Wildman–Crippen MR) is 61.5 cm³/mol. The third-order valence-electron chi connectivity index (χ3n) is 2.29. The first-order chi connectivity index (χ1) is 7.75. The van der Waals surface area contributed by atoms with Crippen LogP contribution in [0.1, 0.15) is 27.7 Å². The van der Waals surface area contributed by atoms with Crippen LogP contribution in [-0.2, 0) is 4.84 Å². The molecule has 0 bridgehead atoms. The van der Waals surface area contributed by atoms with Gasteiger partial charge in [-0.05, 0) is 12.0 Å². The van der Waals surface area contributed by atoms with Crippen molar-refractivity contribution in [3.63, 3.8) is 0 Å². The number of hydrogen-bond donors (Lipinski definition) is 0. The maximum Gasteiger partial charge on any atom is 0.295 e. The Balaban J connectivity index is 4.71. The van der Waals surface area contributed by atoms with Crippen LogP contribution in [0.3, 0.4) is 0 Å². The van der Waals surface area contributed by atoms with Gasteiger partial charge in [0.1, 0.15) is 6.10 Å². The van der Waals surface area contributed by atoms with Crippen LogP contribution in [0.4, 0.5) is 0 Å². The summed E-state index contributed by atoms with van der Waals surface area (Å²) in [5.74, 6) is -0.305. The summed E-state index contributed by atoms with van der Waals surface area (Å²) in [6.45, 7) is 6.93. The van der Waals surface area contributed by atoms with Crippen LogP contribution in [0.15, 0.2) is 12.2 Å². The van der Waals surface area contributed by atoms with Gasteiger partial charge >= 0.3 is 0 Å². The van der Waals surface area contributed by atoms with Crippen molar-refractivity contribution < 1.29 is 14.8 Å². The van der Waals surface area contributed by atoms with Gasteiger partial charge in [0.25, 0.3) is 5.09 Å². The maximum absolute atomic E-state index is 10.7. The van der Waals surface area contributed by atoms with Crippen LogP contribution in [0, 0.1) is 32.1 Å². The van der Waals surface area contributed by atoms with Gasteiger partial charge in [-0.2, -0.15) is 0 Å². The molecule has 17 heavy (non-hydrogen) atoms. The summed E-state index contributed by atoms with van der Waals surface area (Å²) in [6, 6.07) is -0.855. The quantitative estimate of drug-likeness (QED) is 0.389. The molecular formula is C10H18N2O5. The zero-order chi connectivity index (χ0) is 13.6. The van der Waals surface area contributed by atoms with E-state index in [1.54, 1.807) is 27.7 Å². The second-order valence-corrected chi connectivity index (χ2v) is 4.44. The molecule has 0 saturated carbocycles. The van der Waals surface area contributed by atoms with E-state index in [1.165, 1.54) is 12.2 Å². The Morgan fingerprint density at radius 3 is 1.82 bits per heavy atom. The van der Waals surface area contributed by atoms with Gasteiger partial charge < -0.3 is 4.84 Å². The molecule has 0 aliphatic rings. The predicted octanol–water partition coefficient (Wildman–Crippen LogP) is 2.08. The lowest BCUT2D eigenvalue weighted by atomic mass is 10.0. The van der Waals surface area contributed by atoms with E-state index in [0.29, 0.717) is 0 Å². The van der Waals surface area contributed by atoms with Crippen LogP contribution in [0.2, 0.25) is 0 Å². The summed E-state index contributed by atoms with van der Waals surface area (Å²) in [4.78, 5) is 25.0. The van der Waals surface area contributed by atoms with E-state index in [0.717, 1.165) is 0 Å². The minimum Gasteiger partial charge on any atom is -0.306 e. The summed E-state index contributed by atoms with van der Waals surface area (Å²) in [5.41, 5.74) is 0. The minimum absolute atomic E-state index is 0.129. The molecule has 0 N–H and O–H groups in total. The molecule has 0 fully saturated rings. The maximum atomic E-state index is 10.7. The van der Waals surface area contributed by atoms with Crippen LogP contribution in [0.5, 0.6) is 0 Å². The molecule has 0 aromatic heterocycles. The molecule has 0 saturated heterocycles. The second-order valence-electron chi connectivity index (χ2n) is 4.44. The molecule has 0 amide bonds. The lowest BCUT2D eigenvalue weighted by Crippen LogP contribution is -2.25. The highest BCUT2D eigenvalue weighted by atomic mass is 17.0. The molecule has 2 unspecified atom stereocenters. The Labute approximate surface area is 99.7 Å². The first-order valence-electron chi connectivity index (χ1n) is 5.38. The monoisotopic (exact) mass is 246 g/mol. The SMILES string of the molecule is CC(C)C(/C=C/C(C(C)C)[N+](=O)[O-])O[N+](=O)[O-]. The summed E-state index contributed by atoms with van der Waals surface area (Å²) in [5, 5.41) is 20.1.